The largest absolute Gasteiger partial charge is 0.372 e. The summed E-state index contributed by atoms with van der Waals surface area (Å²) in [6.45, 7) is 6.95. The molecule has 5 heteroatoms. The molecule has 0 radical (unpaired) electrons. The maximum atomic E-state index is 5.20. The van der Waals surface area contributed by atoms with Gasteiger partial charge in [-0.2, -0.15) is 5.10 Å². The Morgan fingerprint density at radius 1 is 0.643 bits per heavy atom. The van der Waals surface area contributed by atoms with Gasteiger partial charge in [0, 0.05) is 48.9 Å². The summed E-state index contributed by atoms with van der Waals surface area (Å²) >= 11 is 0. The SMILES string of the molecule is CC1C(C=Cc2ccc(N3CCCCC3)cc2)=NN(c2ccc3ccccc3n2)C1c1ccc(N2CCCCC2)cc1. The molecule has 2 unspecified atom stereocenters. The highest BCUT2D eigenvalue weighted by atomic mass is 15.5. The minimum Gasteiger partial charge on any atom is -0.372 e. The zero-order valence-corrected chi connectivity index (χ0v) is 24.7. The summed E-state index contributed by atoms with van der Waals surface area (Å²) in [5, 5.41) is 8.50. The fourth-order valence-corrected chi connectivity index (χ4v) is 6.81. The Labute approximate surface area is 250 Å². The number of hydrogen-bond donors (Lipinski definition) is 0. The van der Waals surface area contributed by atoms with Crippen molar-refractivity contribution in [3.05, 3.63) is 102 Å². The number of rotatable bonds is 6. The van der Waals surface area contributed by atoms with Crippen LogP contribution in [0, 0.1) is 5.92 Å². The summed E-state index contributed by atoms with van der Waals surface area (Å²) in [5.74, 6) is 1.10. The Morgan fingerprint density at radius 3 is 1.93 bits per heavy atom. The number of piperidine rings is 2. The van der Waals surface area contributed by atoms with Gasteiger partial charge in [-0.25, -0.2) is 9.99 Å². The molecule has 2 atom stereocenters. The van der Waals surface area contributed by atoms with Gasteiger partial charge in [0.15, 0.2) is 0 Å². The average molecular weight is 556 g/mol. The van der Waals surface area contributed by atoms with Crippen LogP contribution in [0.2, 0.25) is 0 Å². The van der Waals surface area contributed by atoms with Crippen molar-refractivity contribution in [1.82, 2.24) is 4.98 Å². The fourth-order valence-electron chi connectivity index (χ4n) is 6.81. The van der Waals surface area contributed by atoms with E-state index in [-0.39, 0.29) is 12.0 Å². The Hall–Kier alpha value is -4.12. The van der Waals surface area contributed by atoms with Crippen molar-refractivity contribution in [3.63, 3.8) is 0 Å². The normalized spacial score (nSPS) is 21.4. The van der Waals surface area contributed by atoms with Crippen LogP contribution in [0.15, 0.2) is 96.1 Å². The monoisotopic (exact) mass is 555 g/mol. The predicted molar refractivity (Wildman–Crippen MR) is 178 cm³/mol. The van der Waals surface area contributed by atoms with Crippen molar-refractivity contribution in [2.24, 2.45) is 11.0 Å². The molecule has 0 aliphatic carbocycles. The van der Waals surface area contributed by atoms with E-state index < -0.39 is 0 Å². The molecule has 0 bridgehead atoms. The molecule has 2 saturated heterocycles. The molecular formula is C37H41N5. The number of anilines is 3. The molecule has 214 valence electrons. The van der Waals surface area contributed by atoms with E-state index in [1.54, 1.807) is 0 Å². The number of hydrogen-bond acceptors (Lipinski definition) is 5. The van der Waals surface area contributed by atoms with Gasteiger partial charge in [0.1, 0.15) is 5.82 Å². The van der Waals surface area contributed by atoms with Gasteiger partial charge >= 0.3 is 0 Å². The van der Waals surface area contributed by atoms with Crippen molar-refractivity contribution in [1.29, 1.82) is 0 Å². The molecule has 2 fully saturated rings. The van der Waals surface area contributed by atoms with E-state index in [4.69, 9.17) is 10.1 Å². The van der Waals surface area contributed by atoms with Gasteiger partial charge in [-0.15, -0.1) is 0 Å². The molecule has 5 nitrogen and oxygen atoms in total. The van der Waals surface area contributed by atoms with Crippen molar-refractivity contribution in [3.8, 4) is 0 Å². The Bertz CT molecular complexity index is 1560. The number of nitrogens with zero attached hydrogens (tertiary/aromatic N) is 5. The number of benzene rings is 3. The van der Waals surface area contributed by atoms with Crippen molar-refractivity contribution in [2.45, 2.75) is 51.5 Å². The van der Waals surface area contributed by atoms with E-state index in [0.717, 1.165) is 35.5 Å². The molecule has 3 aliphatic rings. The summed E-state index contributed by atoms with van der Waals surface area (Å²) in [6, 6.07) is 30.9. The van der Waals surface area contributed by atoms with Gasteiger partial charge in [-0.05, 0) is 98.2 Å². The standard InChI is InChI=1S/C37H41N5/c1-28-34(22-14-29-12-18-32(19-13-29)40-24-6-2-7-25-40)39-42(36-23-17-30-10-4-5-11-35(30)38-36)37(28)31-15-20-33(21-16-31)41-26-8-3-9-27-41/h4-5,10-23,28,37H,2-3,6-9,24-27H2,1H3. The maximum Gasteiger partial charge on any atom is 0.150 e. The van der Waals surface area contributed by atoms with Crippen LogP contribution < -0.4 is 14.8 Å². The van der Waals surface area contributed by atoms with Crippen LogP contribution >= 0.6 is 0 Å². The second kappa shape index (κ2) is 12.0. The molecule has 7 rings (SSSR count). The maximum absolute atomic E-state index is 5.20. The minimum absolute atomic E-state index is 0.0789. The first-order valence-electron chi connectivity index (χ1n) is 15.8. The fraction of sp³-hybridized carbons (Fsp3) is 0.351. The summed E-state index contributed by atoms with van der Waals surface area (Å²) in [5.41, 5.74) is 7.21. The van der Waals surface area contributed by atoms with E-state index in [1.165, 1.54) is 74.1 Å². The van der Waals surface area contributed by atoms with E-state index in [0.29, 0.717) is 0 Å². The Kier molecular flexibility index (Phi) is 7.65. The number of aromatic nitrogens is 1. The molecule has 1 aromatic heterocycles. The number of hydrazone groups is 1. The molecule has 4 aromatic rings. The summed E-state index contributed by atoms with van der Waals surface area (Å²) in [4.78, 5) is 10.1. The molecular weight excluding hydrogens is 514 g/mol. The molecule has 42 heavy (non-hydrogen) atoms. The third-order valence-electron chi connectivity index (χ3n) is 9.26. The van der Waals surface area contributed by atoms with Gasteiger partial charge in [0.05, 0.1) is 17.3 Å². The minimum atomic E-state index is 0.0789. The molecule has 4 heterocycles. The van der Waals surface area contributed by atoms with Crippen LogP contribution in [0.1, 0.15) is 62.6 Å². The first-order chi connectivity index (χ1) is 20.7. The topological polar surface area (TPSA) is 35.0 Å². The van der Waals surface area contributed by atoms with E-state index >= 15 is 0 Å². The molecule has 0 amide bonds. The highest BCUT2D eigenvalue weighted by Gasteiger charge is 2.36. The van der Waals surface area contributed by atoms with Gasteiger partial charge in [0.2, 0.25) is 0 Å². The second-order valence-corrected chi connectivity index (χ2v) is 12.1. The third kappa shape index (κ3) is 5.53. The number of fused-ring (bicyclic) bond motifs is 1. The highest BCUT2D eigenvalue weighted by Crippen LogP contribution is 2.40. The first kappa shape index (κ1) is 26.8. The predicted octanol–water partition coefficient (Wildman–Crippen LogP) is 8.48. The Balaban J connectivity index is 1.17. The number of pyridine rings is 1. The van der Waals surface area contributed by atoms with Crippen LogP contribution in [0.3, 0.4) is 0 Å². The van der Waals surface area contributed by atoms with Crippen LogP contribution in [0.4, 0.5) is 17.2 Å². The van der Waals surface area contributed by atoms with Crippen LogP contribution in [0.5, 0.6) is 0 Å². The summed E-state index contributed by atoms with van der Waals surface area (Å²) in [6.07, 6.45) is 12.3. The average Bonchev–Trinajstić information content (AvgIpc) is 3.40. The zero-order chi connectivity index (χ0) is 28.3. The van der Waals surface area contributed by atoms with Gasteiger partial charge in [-0.1, -0.05) is 55.5 Å². The van der Waals surface area contributed by atoms with Crippen molar-refractivity contribution < 1.29 is 0 Å². The van der Waals surface area contributed by atoms with E-state index in [1.807, 2.05) is 0 Å². The van der Waals surface area contributed by atoms with Gasteiger partial charge < -0.3 is 9.80 Å². The highest BCUT2D eigenvalue weighted by molar-refractivity contribution is 6.02. The lowest BCUT2D eigenvalue weighted by molar-refractivity contribution is 0.575. The molecule has 0 saturated carbocycles. The lowest BCUT2D eigenvalue weighted by Crippen LogP contribution is -2.29. The number of para-hydroxylation sites is 1. The lowest BCUT2D eigenvalue weighted by atomic mass is 9.91. The van der Waals surface area contributed by atoms with E-state index in [9.17, 15) is 0 Å². The van der Waals surface area contributed by atoms with Gasteiger partial charge in [-0.3, -0.25) is 0 Å². The van der Waals surface area contributed by atoms with Crippen LogP contribution in [-0.2, 0) is 0 Å². The summed E-state index contributed by atoms with van der Waals surface area (Å²) < 4.78 is 0. The Morgan fingerprint density at radius 2 is 1.26 bits per heavy atom. The van der Waals surface area contributed by atoms with Crippen LogP contribution in [0.25, 0.3) is 17.0 Å². The number of allylic oxidation sites excluding steroid dienone is 1. The first-order valence-corrected chi connectivity index (χ1v) is 15.8. The van der Waals surface area contributed by atoms with Gasteiger partial charge in [0.25, 0.3) is 0 Å². The van der Waals surface area contributed by atoms with Crippen LogP contribution in [-0.4, -0.2) is 36.9 Å². The van der Waals surface area contributed by atoms with E-state index in [2.05, 4.69) is 119 Å². The van der Waals surface area contributed by atoms with Crippen molar-refractivity contribution >= 4 is 39.9 Å². The zero-order valence-electron chi connectivity index (χ0n) is 24.7. The molecule has 0 spiro atoms. The summed E-state index contributed by atoms with van der Waals surface area (Å²) in [7, 11) is 0. The van der Waals surface area contributed by atoms with Crippen molar-refractivity contribution in [2.75, 3.05) is 41.0 Å². The molecule has 3 aromatic carbocycles. The third-order valence-corrected chi connectivity index (χ3v) is 9.26. The smallest absolute Gasteiger partial charge is 0.150 e. The molecule has 3 aliphatic heterocycles. The lowest BCUT2D eigenvalue weighted by Gasteiger charge is -2.30. The molecule has 0 N–H and O–H groups in total. The quantitative estimate of drug-likeness (QED) is 0.239. The second-order valence-electron chi connectivity index (χ2n) is 12.1.